The van der Waals surface area contributed by atoms with Crippen LogP contribution in [0, 0.1) is 5.92 Å². The minimum Gasteiger partial charge on any atom is -0.379 e. The molecule has 19 heavy (non-hydrogen) atoms. The first-order valence-corrected chi connectivity index (χ1v) is 7.47. The Kier molecular flexibility index (Phi) is 4.87. The zero-order valence-corrected chi connectivity index (χ0v) is 12.9. The summed E-state index contributed by atoms with van der Waals surface area (Å²) in [6.45, 7) is 7.23. The molecule has 0 radical (unpaired) electrons. The molecule has 1 aromatic rings. The predicted molar refractivity (Wildman–Crippen MR) is 77.6 cm³/mol. The molecular weight excluding hydrogens is 262 g/mol. The molecule has 1 aromatic heterocycles. The van der Waals surface area contributed by atoms with E-state index in [1.54, 1.807) is 13.3 Å². The van der Waals surface area contributed by atoms with E-state index in [1.807, 2.05) is 4.68 Å². The molecule has 0 saturated heterocycles. The molecule has 1 aliphatic rings. The molecule has 0 bridgehead atoms. The molecule has 1 N–H and O–H groups in total. The van der Waals surface area contributed by atoms with Gasteiger partial charge in [-0.25, -0.2) is 0 Å². The van der Waals surface area contributed by atoms with Crippen LogP contribution in [0.25, 0.3) is 0 Å². The maximum absolute atomic E-state index is 6.37. The van der Waals surface area contributed by atoms with Crippen molar-refractivity contribution < 1.29 is 4.74 Å². The third-order valence-corrected chi connectivity index (χ3v) is 3.97. The summed E-state index contributed by atoms with van der Waals surface area (Å²) in [5.41, 5.74) is 1.05. The van der Waals surface area contributed by atoms with Crippen molar-refractivity contribution in [3.05, 3.63) is 16.9 Å². The van der Waals surface area contributed by atoms with Gasteiger partial charge in [0.1, 0.15) is 0 Å². The molecule has 0 amide bonds. The van der Waals surface area contributed by atoms with Crippen LogP contribution in [-0.4, -0.2) is 29.5 Å². The number of nitrogens with one attached hydrogen (secondary N) is 1. The van der Waals surface area contributed by atoms with Gasteiger partial charge in [-0.15, -0.1) is 0 Å². The third kappa shape index (κ3) is 3.12. The Morgan fingerprint density at radius 1 is 1.53 bits per heavy atom. The van der Waals surface area contributed by atoms with Crippen molar-refractivity contribution in [1.29, 1.82) is 0 Å². The lowest BCUT2D eigenvalue weighted by Crippen LogP contribution is -2.36. The zero-order chi connectivity index (χ0) is 14.0. The Labute approximate surface area is 120 Å². The molecule has 4 nitrogen and oxygen atoms in total. The molecule has 2 unspecified atom stereocenters. The van der Waals surface area contributed by atoms with E-state index in [-0.39, 0.29) is 12.1 Å². The lowest BCUT2D eigenvalue weighted by Gasteiger charge is -2.28. The van der Waals surface area contributed by atoms with Crippen molar-refractivity contribution in [2.24, 2.45) is 5.92 Å². The summed E-state index contributed by atoms with van der Waals surface area (Å²) in [6, 6.07) is 0.403. The van der Waals surface area contributed by atoms with E-state index in [0.717, 1.165) is 17.3 Å². The van der Waals surface area contributed by atoms with Crippen molar-refractivity contribution in [3.63, 3.8) is 0 Å². The monoisotopic (exact) mass is 285 g/mol. The molecular formula is C14H24ClN3O. The fraction of sp³-hybridized carbons (Fsp3) is 0.786. The first kappa shape index (κ1) is 14.8. The molecule has 1 saturated carbocycles. The van der Waals surface area contributed by atoms with Crippen LogP contribution in [0.1, 0.15) is 51.4 Å². The van der Waals surface area contributed by atoms with E-state index in [4.69, 9.17) is 16.3 Å². The maximum atomic E-state index is 6.37. The molecule has 0 aromatic carbocycles. The third-order valence-electron chi connectivity index (χ3n) is 3.68. The highest BCUT2D eigenvalue weighted by Gasteiger charge is 2.39. The number of hydrogen-bond donors (Lipinski definition) is 1. The SMILES string of the molecule is CCNC(c1c(Cl)cnn1C(C)C)C(OC)C1CC1. The molecule has 2 rings (SSSR count). The maximum Gasteiger partial charge on any atom is 0.0835 e. The first-order chi connectivity index (χ1) is 9.10. The van der Waals surface area contributed by atoms with Crippen LogP contribution < -0.4 is 5.32 Å². The van der Waals surface area contributed by atoms with Crippen LogP contribution in [0.4, 0.5) is 0 Å². The standard InChI is InChI=1S/C14H24ClN3O/c1-5-16-12(14(19-4)10-6-7-10)13-11(15)8-17-18(13)9(2)3/h8-10,12,14,16H,5-7H2,1-4H3. The van der Waals surface area contributed by atoms with E-state index < -0.39 is 0 Å². The van der Waals surface area contributed by atoms with Gasteiger partial charge in [0.25, 0.3) is 0 Å². The topological polar surface area (TPSA) is 39.1 Å². The molecule has 1 fully saturated rings. The van der Waals surface area contributed by atoms with Crippen molar-refractivity contribution in [3.8, 4) is 0 Å². The molecule has 2 atom stereocenters. The summed E-state index contributed by atoms with van der Waals surface area (Å²) >= 11 is 6.37. The summed E-state index contributed by atoms with van der Waals surface area (Å²) in [7, 11) is 1.79. The quantitative estimate of drug-likeness (QED) is 0.836. The number of aromatic nitrogens is 2. The Balaban J connectivity index is 2.34. The normalized spacial score (nSPS) is 18.8. The minimum atomic E-state index is 0.111. The van der Waals surface area contributed by atoms with E-state index in [1.165, 1.54) is 12.8 Å². The van der Waals surface area contributed by atoms with Gasteiger partial charge in [-0.05, 0) is 39.2 Å². The van der Waals surface area contributed by atoms with Crippen molar-refractivity contribution in [2.45, 2.75) is 51.8 Å². The number of hydrogen-bond acceptors (Lipinski definition) is 3. The number of halogens is 1. The second-order valence-electron chi connectivity index (χ2n) is 5.49. The number of ether oxygens (including phenoxy) is 1. The molecule has 108 valence electrons. The molecule has 1 aliphatic carbocycles. The average Bonchev–Trinajstić information content (AvgIpc) is 3.12. The summed E-state index contributed by atoms with van der Waals surface area (Å²) in [5, 5.41) is 8.65. The van der Waals surface area contributed by atoms with Gasteiger partial charge in [-0.1, -0.05) is 18.5 Å². The lowest BCUT2D eigenvalue weighted by molar-refractivity contribution is 0.0481. The predicted octanol–water partition coefficient (Wildman–Crippen LogP) is 3.19. The minimum absolute atomic E-state index is 0.111. The van der Waals surface area contributed by atoms with E-state index in [2.05, 4.69) is 31.2 Å². The van der Waals surface area contributed by atoms with Crippen LogP contribution in [0.5, 0.6) is 0 Å². The van der Waals surface area contributed by atoms with Gasteiger partial charge < -0.3 is 10.1 Å². The fourth-order valence-electron chi connectivity index (χ4n) is 2.67. The largest absolute Gasteiger partial charge is 0.379 e. The highest BCUT2D eigenvalue weighted by molar-refractivity contribution is 6.31. The highest BCUT2D eigenvalue weighted by Crippen LogP contribution is 2.41. The zero-order valence-electron chi connectivity index (χ0n) is 12.2. The van der Waals surface area contributed by atoms with E-state index >= 15 is 0 Å². The van der Waals surface area contributed by atoms with Crippen molar-refractivity contribution in [2.75, 3.05) is 13.7 Å². The average molecular weight is 286 g/mol. The first-order valence-electron chi connectivity index (χ1n) is 7.09. The lowest BCUT2D eigenvalue weighted by atomic mass is 10.0. The number of nitrogens with zero attached hydrogens (tertiary/aromatic N) is 2. The van der Waals surface area contributed by atoms with Gasteiger partial charge in [0, 0.05) is 13.2 Å². The van der Waals surface area contributed by atoms with Crippen LogP contribution in [0.15, 0.2) is 6.20 Å². The highest BCUT2D eigenvalue weighted by atomic mass is 35.5. The molecule has 0 spiro atoms. The Bertz CT molecular complexity index is 415. The number of methoxy groups -OCH3 is 1. The summed E-state index contributed by atoms with van der Waals surface area (Å²) in [6.07, 6.45) is 4.40. The Hall–Kier alpha value is -0.580. The van der Waals surface area contributed by atoms with E-state index in [0.29, 0.717) is 12.0 Å². The Morgan fingerprint density at radius 3 is 2.68 bits per heavy atom. The summed E-state index contributed by atoms with van der Waals surface area (Å²) in [5.74, 6) is 0.639. The van der Waals surface area contributed by atoms with Gasteiger partial charge in [0.2, 0.25) is 0 Å². The van der Waals surface area contributed by atoms with Gasteiger partial charge in [0.05, 0.1) is 29.1 Å². The van der Waals surface area contributed by atoms with E-state index in [9.17, 15) is 0 Å². The number of rotatable bonds is 7. The molecule has 5 heteroatoms. The molecule has 1 heterocycles. The van der Waals surface area contributed by atoms with Gasteiger partial charge in [0.15, 0.2) is 0 Å². The van der Waals surface area contributed by atoms with Gasteiger partial charge in [-0.2, -0.15) is 5.10 Å². The van der Waals surface area contributed by atoms with Crippen molar-refractivity contribution >= 4 is 11.6 Å². The van der Waals surface area contributed by atoms with Crippen LogP contribution in [0.3, 0.4) is 0 Å². The second kappa shape index (κ2) is 6.25. The van der Waals surface area contributed by atoms with Crippen LogP contribution in [0.2, 0.25) is 5.02 Å². The van der Waals surface area contributed by atoms with Gasteiger partial charge in [-0.3, -0.25) is 4.68 Å². The second-order valence-corrected chi connectivity index (χ2v) is 5.90. The van der Waals surface area contributed by atoms with Crippen molar-refractivity contribution in [1.82, 2.24) is 15.1 Å². The van der Waals surface area contributed by atoms with Crippen LogP contribution in [-0.2, 0) is 4.74 Å². The number of likely N-dealkylation sites (N-methyl/N-ethyl adjacent to an activating group) is 1. The fourth-order valence-corrected chi connectivity index (χ4v) is 2.91. The summed E-state index contributed by atoms with van der Waals surface area (Å²) in [4.78, 5) is 0. The molecule has 0 aliphatic heterocycles. The summed E-state index contributed by atoms with van der Waals surface area (Å²) < 4.78 is 7.74. The van der Waals surface area contributed by atoms with Crippen LogP contribution >= 0.6 is 11.6 Å². The van der Waals surface area contributed by atoms with Gasteiger partial charge >= 0.3 is 0 Å². The smallest absolute Gasteiger partial charge is 0.0835 e. The Morgan fingerprint density at radius 2 is 2.21 bits per heavy atom.